The minimum absolute atomic E-state index is 0.124. The number of carboxylic acids is 2. The summed E-state index contributed by atoms with van der Waals surface area (Å²) in [5, 5.41) is 18.0. The molecule has 90 valence electrons. The zero-order valence-electron chi connectivity index (χ0n) is 9.30. The van der Waals surface area contributed by atoms with E-state index < -0.39 is 23.8 Å². The van der Waals surface area contributed by atoms with Crippen LogP contribution in [-0.2, 0) is 16.0 Å². The predicted octanol–water partition coefficient (Wildman–Crippen LogP) is 1.96. The molecule has 0 fully saturated rings. The van der Waals surface area contributed by atoms with E-state index in [0.29, 0.717) is 0 Å². The molecule has 1 rings (SSSR count). The van der Waals surface area contributed by atoms with Crippen LogP contribution < -0.4 is 0 Å². The van der Waals surface area contributed by atoms with Gasteiger partial charge in [-0.25, -0.2) is 0 Å². The molecule has 1 aromatic carbocycles. The van der Waals surface area contributed by atoms with Crippen molar-refractivity contribution in [2.75, 3.05) is 0 Å². The van der Waals surface area contributed by atoms with Crippen LogP contribution in [0.4, 0.5) is 0 Å². The molecule has 0 aliphatic carbocycles. The van der Waals surface area contributed by atoms with Crippen LogP contribution in [0.5, 0.6) is 0 Å². The van der Waals surface area contributed by atoms with E-state index in [4.69, 9.17) is 5.11 Å². The molecule has 0 amide bonds. The van der Waals surface area contributed by atoms with Crippen molar-refractivity contribution in [3.63, 3.8) is 0 Å². The van der Waals surface area contributed by atoms with E-state index in [9.17, 15) is 14.7 Å². The minimum atomic E-state index is -1.45. The lowest BCUT2D eigenvalue weighted by molar-refractivity contribution is -0.152. The van der Waals surface area contributed by atoms with Gasteiger partial charge in [-0.1, -0.05) is 36.4 Å². The van der Waals surface area contributed by atoms with Gasteiger partial charge in [-0.05, 0) is 12.0 Å². The number of benzene rings is 1. The molecule has 1 unspecified atom stereocenters. The van der Waals surface area contributed by atoms with Crippen LogP contribution in [0.25, 0.3) is 0 Å². The molecule has 17 heavy (non-hydrogen) atoms. The molecule has 0 heterocycles. The lowest BCUT2D eigenvalue weighted by Crippen LogP contribution is -2.33. The molecule has 4 heteroatoms. The summed E-state index contributed by atoms with van der Waals surface area (Å²) in [7, 11) is 0. The third kappa shape index (κ3) is 3.17. The first-order chi connectivity index (χ1) is 8.00. The summed E-state index contributed by atoms with van der Waals surface area (Å²) in [6.07, 6.45) is 0.857. The average Bonchev–Trinajstić information content (AvgIpc) is 2.28. The Kier molecular flexibility index (Phi) is 4.04. The summed E-state index contributed by atoms with van der Waals surface area (Å²) in [6, 6.07) is 8.92. The van der Waals surface area contributed by atoms with Crippen molar-refractivity contribution < 1.29 is 19.8 Å². The van der Waals surface area contributed by atoms with E-state index >= 15 is 0 Å². The van der Waals surface area contributed by atoms with E-state index in [2.05, 4.69) is 6.58 Å². The molecule has 0 radical (unpaired) electrons. The monoisotopic (exact) mass is 234 g/mol. The zero-order chi connectivity index (χ0) is 12.9. The van der Waals surface area contributed by atoms with E-state index in [0.717, 1.165) is 5.56 Å². The molecule has 2 N–H and O–H groups in total. The lowest BCUT2D eigenvalue weighted by atomic mass is 9.79. The van der Waals surface area contributed by atoms with Gasteiger partial charge in [-0.3, -0.25) is 9.59 Å². The van der Waals surface area contributed by atoms with Gasteiger partial charge in [0.25, 0.3) is 0 Å². The Morgan fingerprint density at radius 2 is 1.82 bits per heavy atom. The maximum absolute atomic E-state index is 11.3. The average molecular weight is 234 g/mol. The second-order valence-electron chi connectivity index (χ2n) is 3.90. The van der Waals surface area contributed by atoms with Crippen molar-refractivity contribution in [1.29, 1.82) is 0 Å². The first kappa shape index (κ1) is 13.0. The molecule has 0 aliphatic rings. The Balaban J connectivity index is 3.02. The van der Waals surface area contributed by atoms with Crippen LogP contribution in [0.2, 0.25) is 0 Å². The third-order valence-electron chi connectivity index (χ3n) is 2.65. The van der Waals surface area contributed by atoms with Crippen molar-refractivity contribution >= 4 is 11.9 Å². The lowest BCUT2D eigenvalue weighted by Gasteiger charge is -2.23. The van der Waals surface area contributed by atoms with Crippen LogP contribution in [0, 0.1) is 5.41 Å². The standard InChI is InChI=1S/C13H14O4/c1-2-13(12(16)17,9-11(14)15)8-10-6-4-3-5-7-10/h2-7H,1,8-9H2,(H,14,15)(H,16,17). The Morgan fingerprint density at radius 1 is 1.24 bits per heavy atom. The molecule has 0 saturated carbocycles. The van der Waals surface area contributed by atoms with Crippen LogP contribution in [-0.4, -0.2) is 22.2 Å². The normalized spacial score (nSPS) is 13.6. The smallest absolute Gasteiger partial charge is 0.314 e. The number of carbonyl (C=O) groups is 2. The number of aliphatic carboxylic acids is 2. The Bertz CT molecular complexity index is 424. The Morgan fingerprint density at radius 3 is 2.24 bits per heavy atom. The highest BCUT2D eigenvalue weighted by atomic mass is 16.4. The Hall–Kier alpha value is -2.10. The fourth-order valence-electron chi connectivity index (χ4n) is 1.68. The van der Waals surface area contributed by atoms with Gasteiger partial charge < -0.3 is 10.2 Å². The SMILES string of the molecule is C=CC(CC(=O)O)(Cc1ccccc1)C(=O)O. The highest BCUT2D eigenvalue weighted by Gasteiger charge is 2.37. The van der Waals surface area contributed by atoms with Crippen LogP contribution in [0.15, 0.2) is 43.0 Å². The van der Waals surface area contributed by atoms with Gasteiger partial charge in [0.1, 0.15) is 0 Å². The van der Waals surface area contributed by atoms with Crippen molar-refractivity contribution in [3.8, 4) is 0 Å². The molecule has 0 aliphatic heterocycles. The second-order valence-corrected chi connectivity index (χ2v) is 3.90. The highest BCUT2D eigenvalue weighted by Crippen LogP contribution is 2.29. The molecular weight excluding hydrogens is 220 g/mol. The van der Waals surface area contributed by atoms with E-state index in [1.807, 2.05) is 6.07 Å². The molecule has 1 aromatic rings. The Labute approximate surface area is 99.2 Å². The quantitative estimate of drug-likeness (QED) is 0.738. The molecule has 0 aromatic heterocycles. The summed E-state index contributed by atoms with van der Waals surface area (Å²) in [5.41, 5.74) is -0.677. The molecule has 0 bridgehead atoms. The maximum atomic E-state index is 11.3. The van der Waals surface area contributed by atoms with Gasteiger partial charge in [0, 0.05) is 0 Å². The van der Waals surface area contributed by atoms with Crippen LogP contribution in [0.3, 0.4) is 0 Å². The van der Waals surface area contributed by atoms with E-state index in [1.54, 1.807) is 24.3 Å². The minimum Gasteiger partial charge on any atom is -0.481 e. The molecule has 1 atom stereocenters. The second kappa shape index (κ2) is 5.30. The number of hydrogen-bond donors (Lipinski definition) is 2. The number of rotatable bonds is 6. The first-order valence-corrected chi connectivity index (χ1v) is 5.13. The molecule has 0 spiro atoms. The molecule has 4 nitrogen and oxygen atoms in total. The summed E-state index contributed by atoms with van der Waals surface area (Å²) < 4.78 is 0. The van der Waals surface area contributed by atoms with E-state index in [-0.39, 0.29) is 6.42 Å². The zero-order valence-corrected chi connectivity index (χ0v) is 9.30. The van der Waals surface area contributed by atoms with Gasteiger partial charge in [-0.2, -0.15) is 0 Å². The predicted molar refractivity (Wildman–Crippen MR) is 62.7 cm³/mol. The number of hydrogen-bond acceptors (Lipinski definition) is 2. The van der Waals surface area contributed by atoms with Gasteiger partial charge in [0.05, 0.1) is 11.8 Å². The number of carboxylic acid groups (broad SMARTS) is 2. The summed E-state index contributed by atoms with van der Waals surface area (Å²) in [4.78, 5) is 22.0. The maximum Gasteiger partial charge on any atom is 0.314 e. The fraction of sp³-hybridized carbons (Fsp3) is 0.231. The van der Waals surface area contributed by atoms with Crippen molar-refractivity contribution in [1.82, 2.24) is 0 Å². The van der Waals surface area contributed by atoms with Crippen molar-refractivity contribution in [2.45, 2.75) is 12.8 Å². The van der Waals surface area contributed by atoms with Crippen LogP contribution in [0.1, 0.15) is 12.0 Å². The summed E-state index contributed by atoms with van der Waals surface area (Å²) in [6.45, 7) is 3.46. The van der Waals surface area contributed by atoms with Gasteiger partial charge in [0.15, 0.2) is 0 Å². The summed E-state index contributed by atoms with van der Waals surface area (Å²) >= 11 is 0. The van der Waals surface area contributed by atoms with Crippen molar-refractivity contribution in [3.05, 3.63) is 48.6 Å². The van der Waals surface area contributed by atoms with Gasteiger partial charge in [-0.15, -0.1) is 6.58 Å². The molecular formula is C13H14O4. The molecule has 0 saturated heterocycles. The summed E-state index contributed by atoms with van der Waals surface area (Å²) in [5.74, 6) is -2.32. The first-order valence-electron chi connectivity index (χ1n) is 5.13. The fourth-order valence-corrected chi connectivity index (χ4v) is 1.68. The van der Waals surface area contributed by atoms with Crippen molar-refractivity contribution in [2.24, 2.45) is 5.41 Å². The highest BCUT2D eigenvalue weighted by molar-refractivity contribution is 5.83. The topological polar surface area (TPSA) is 74.6 Å². The third-order valence-corrected chi connectivity index (χ3v) is 2.65. The largest absolute Gasteiger partial charge is 0.481 e. The van der Waals surface area contributed by atoms with Gasteiger partial charge in [0.2, 0.25) is 0 Å². The van der Waals surface area contributed by atoms with Crippen LogP contribution >= 0.6 is 0 Å². The van der Waals surface area contributed by atoms with Gasteiger partial charge >= 0.3 is 11.9 Å². The van der Waals surface area contributed by atoms with E-state index in [1.165, 1.54) is 6.08 Å².